The second-order valence-electron chi connectivity index (χ2n) is 7.28. The maximum absolute atomic E-state index is 10.3. The number of likely N-dealkylation sites (tertiary alicyclic amines) is 1. The van der Waals surface area contributed by atoms with Gasteiger partial charge in [0.1, 0.15) is 0 Å². The van der Waals surface area contributed by atoms with Gasteiger partial charge in [-0.2, -0.15) is 0 Å². The van der Waals surface area contributed by atoms with E-state index in [-0.39, 0.29) is 35.5 Å². The second-order valence-corrected chi connectivity index (χ2v) is 7.28. The lowest BCUT2D eigenvalue weighted by atomic mass is 9.73. The molecule has 1 saturated heterocycles. The van der Waals surface area contributed by atoms with Gasteiger partial charge in [-0.25, -0.2) is 0 Å². The number of halogens is 1. The lowest BCUT2D eigenvalue weighted by molar-refractivity contribution is 0.00699. The zero-order valence-electron chi connectivity index (χ0n) is 14.5. The van der Waals surface area contributed by atoms with Crippen LogP contribution in [-0.2, 0) is 0 Å². The van der Waals surface area contributed by atoms with Gasteiger partial charge in [0, 0.05) is 25.0 Å². The SMILES string of the molecule is CCNC(=NCC1(C)CCCCC1O)N1CCCC(C)C1.I. The number of hydrogen-bond donors (Lipinski definition) is 2. The molecule has 0 bridgehead atoms. The van der Waals surface area contributed by atoms with E-state index in [9.17, 15) is 5.11 Å². The summed E-state index contributed by atoms with van der Waals surface area (Å²) < 4.78 is 0. The topological polar surface area (TPSA) is 47.9 Å². The van der Waals surface area contributed by atoms with Crippen LogP contribution in [0.2, 0.25) is 0 Å². The minimum Gasteiger partial charge on any atom is -0.392 e. The second kappa shape index (κ2) is 9.30. The highest BCUT2D eigenvalue weighted by Gasteiger charge is 2.35. The van der Waals surface area contributed by atoms with Crippen LogP contribution in [0.3, 0.4) is 0 Å². The van der Waals surface area contributed by atoms with Crippen molar-refractivity contribution >= 4 is 29.9 Å². The normalized spacial score (nSPS) is 33.3. The van der Waals surface area contributed by atoms with Gasteiger partial charge in [0.15, 0.2) is 5.96 Å². The molecule has 1 heterocycles. The van der Waals surface area contributed by atoms with Crippen molar-refractivity contribution in [3.8, 4) is 0 Å². The van der Waals surface area contributed by atoms with E-state index in [1.54, 1.807) is 0 Å². The third-order valence-electron chi connectivity index (χ3n) is 5.16. The van der Waals surface area contributed by atoms with E-state index in [2.05, 4.69) is 31.0 Å². The number of aliphatic hydroxyl groups is 1. The Bertz CT molecular complexity index is 364. The Morgan fingerprint density at radius 1 is 1.32 bits per heavy atom. The first-order valence-corrected chi connectivity index (χ1v) is 8.76. The van der Waals surface area contributed by atoms with E-state index in [1.807, 2.05) is 0 Å². The first-order chi connectivity index (χ1) is 10.0. The van der Waals surface area contributed by atoms with Crippen LogP contribution in [-0.4, -0.2) is 48.2 Å². The fourth-order valence-corrected chi connectivity index (χ4v) is 3.63. The van der Waals surface area contributed by atoms with Gasteiger partial charge < -0.3 is 15.3 Å². The summed E-state index contributed by atoms with van der Waals surface area (Å²) in [5, 5.41) is 13.8. The van der Waals surface area contributed by atoms with E-state index in [0.717, 1.165) is 57.3 Å². The Morgan fingerprint density at radius 2 is 2.09 bits per heavy atom. The largest absolute Gasteiger partial charge is 0.392 e. The van der Waals surface area contributed by atoms with Crippen molar-refractivity contribution in [2.75, 3.05) is 26.2 Å². The molecule has 0 aromatic rings. The first-order valence-electron chi connectivity index (χ1n) is 8.76. The van der Waals surface area contributed by atoms with Gasteiger partial charge in [0.25, 0.3) is 0 Å². The monoisotopic (exact) mass is 423 g/mol. The first kappa shape index (κ1) is 20.0. The zero-order valence-corrected chi connectivity index (χ0v) is 16.8. The summed E-state index contributed by atoms with van der Waals surface area (Å²) in [5.41, 5.74) is -0.0413. The third-order valence-corrected chi connectivity index (χ3v) is 5.16. The minimum absolute atomic E-state index is 0. The van der Waals surface area contributed by atoms with Crippen LogP contribution < -0.4 is 5.32 Å². The molecule has 0 aromatic heterocycles. The van der Waals surface area contributed by atoms with Gasteiger partial charge in [0.2, 0.25) is 0 Å². The number of rotatable bonds is 3. The van der Waals surface area contributed by atoms with E-state index in [0.29, 0.717) is 0 Å². The molecule has 3 unspecified atom stereocenters. The van der Waals surface area contributed by atoms with Crippen molar-refractivity contribution < 1.29 is 5.11 Å². The molecule has 2 N–H and O–H groups in total. The van der Waals surface area contributed by atoms with Crippen LogP contribution in [0.15, 0.2) is 4.99 Å². The van der Waals surface area contributed by atoms with Gasteiger partial charge in [-0.1, -0.05) is 26.7 Å². The van der Waals surface area contributed by atoms with E-state index in [4.69, 9.17) is 4.99 Å². The summed E-state index contributed by atoms with van der Waals surface area (Å²) in [6.45, 7) is 10.5. The maximum Gasteiger partial charge on any atom is 0.193 e. The number of guanidine groups is 1. The lowest BCUT2D eigenvalue weighted by Gasteiger charge is -2.38. The molecule has 0 aromatic carbocycles. The van der Waals surface area contributed by atoms with Crippen molar-refractivity contribution in [1.29, 1.82) is 0 Å². The summed E-state index contributed by atoms with van der Waals surface area (Å²) in [5.74, 6) is 1.79. The highest BCUT2D eigenvalue weighted by atomic mass is 127. The molecule has 2 fully saturated rings. The molecule has 0 amide bonds. The molecule has 4 nitrogen and oxygen atoms in total. The molecule has 2 rings (SSSR count). The van der Waals surface area contributed by atoms with Crippen molar-refractivity contribution in [2.24, 2.45) is 16.3 Å². The molecule has 2 aliphatic rings. The average molecular weight is 423 g/mol. The number of nitrogens with one attached hydrogen (secondary N) is 1. The molecule has 0 spiro atoms. The number of aliphatic imine (C=N–C) groups is 1. The average Bonchev–Trinajstić information content (AvgIpc) is 2.47. The molecular weight excluding hydrogens is 389 g/mol. The number of aliphatic hydroxyl groups excluding tert-OH is 1. The molecule has 1 aliphatic carbocycles. The van der Waals surface area contributed by atoms with Crippen LogP contribution in [0.4, 0.5) is 0 Å². The van der Waals surface area contributed by atoms with Gasteiger partial charge in [0.05, 0.1) is 12.6 Å². The summed E-state index contributed by atoms with van der Waals surface area (Å²) in [6.07, 6.45) is 6.79. The fourth-order valence-electron chi connectivity index (χ4n) is 3.63. The van der Waals surface area contributed by atoms with Crippen molar-refractivity contribution in [3.05, 3.63) is 0 Å². The van der Waals surface area contributed by atoms with Crippen LogP contribution >= 0.6 is 24.0 Å². The van der Waals surface area contributed by atoms with Crippen molar-refractivity contribution in [3.63, 3.8) is 0 Å². The van der Waals surface area contributed by atoms with Crippen molar-refractivity contribution in [2.45, 2.75) is 65.4 Å². The number of piperidine rings is 1. The van der Waals surface area contributed by atoms with Gasteiger partial charge in [-0.15, -0.1) is 24.0 Å². The summed E-state index contributed by atoms with van der Waals surface area (Å²) >= 11 is 0. The summed E-state index contributed by atoms with van der Waals surface area (Å²) in [7, 11) is 0. The predicted octanol–water partition coefficient (Wildman–Crippen LogP) is 3.24. The molecule has 0 radical (unpaired) electrons. The smallest absolute Gasteiger partial charge is 0.193 e. The molecule has 1 saturated carbocycles. The molecule has 1 aliphatic heterocycles. The van der Waals surface area contributed by atoms with Crippen molar-refractivity contribution in [1.82, 2.24) is 10.2 Å². The van der Waals surface area contributed by atoms with Gasteiger partial charge in [-0.3, -0.25) is 4.99 Å². The zero-order chi connectivity index (χ0) is 15.3. The molecule has 22 heavy (non-hydrogen) atoms. The Morgan fingerprint density at radius 3 is 2.73 bits per heavy atom. The minimum atomic E-state index is -0.196. The Kier molecular flexibility index (Phi) is 8.46. The molecular formula is C17H34IN3O. The third kappa shape index (κ3) is 5.25. The van der Waals surface area contributed by atoms with Crippen LogP contribution in [0.25, 0.3) is 0 Å². The highest BCUT2D eigenvalue weighted by Crippen LogP contribution is 2.36. The maximum atomic E-state index is 10.3. The van der Waals surface area contributed by atoms with Crippen LogP contribution in [0, 0.1) is 11.3 Å². The predicted molar refractivity (Wildman–Crippen MR) is 104 cm³/mol. The Labute approximate surface area is 153 Å². The van der Waals surface area contributed by atoms with Crippen LogP contribution in [0.1, 0.15) is 59.3 Å². The Balaban J connectivity index is 0.00000242. The van der Waals surface area contributed by atoms with E-state index < -0.39 is 0 Å². The molecule has 130 valence electrons. The Hall–Kier alpha value is -0.0400. The fraction of sp³-hybridized carbons (Fsp3) is 0.941. The molecule has 3 atom stereocenters. The highest BCUT2D eigenvalue weighted by molar-refractivity contribution is 14.0. The number of hydrogen-bond acceptors (Lipinski definition) is 2. The summed E-state index contributed by atoms with van der Waals surface area (Å²) in [6, 6.07) is 0. The molecule has 5 heteroatoms. The van der Waals surface area contributed by atoms with Crippen LogP contribution in [0.5, 0.6) is 0 Å². The van der Waals surface area contributed by atoms with Gasteiger partial charge in [-0.05, 0) is 38.5 Å². The van der Waals surface area contributed by atoms with Gasteiger partial charge >= 0.3 is 0 Å². The van der Waals surface area contributed by atoms with E-state index in [1.165, 1.54) is 19.3 Å². The summed E-state index contributed by atoms with van der Waals surface area (Å²) in [4.78, 5) is 7.29. The number of nitrogens with zero attached hydrogens (tertiary/aromatic N) is 2. The standard InChI is InChI=1S/C17H33N3O.HI/c1-4-18-16(20-11-7-8-14(2)12-20)19-13-17(3)10-6-5-9-15(17)21;/h14-15,21H,4-13H2,1-3H3,(H,18,19);1H. The van der Waals surface area contributed by atoms with E-state index >= 15 is 0 Å². The quantitative estimate of drug-likeness (QED) is 0.416. The lowest BCUT2D eigenvalue weighted by Crippen LogP contribution is -2.47.